The van der Waals surface area contributed by atoms with Crippen LogP contribution in [0, 0.1) is 0 Å². The maximum atomic E-state index is 6.90. The first kappa shape index (κ1) is 35.3. The van der Waals surface area contributed by atoms with Crippen LogP contribution in [-0.2, 0) is 11.8 Å². The third-order valence-corrected chi connectivity index (χ3v) is 10.8. The van der Waals surface area contributed by atoms with Crippen LogP contribution < -0.4 is 10.1 Å². The Hall–Kier alpha value is -7.37. The van der Waals surface area contributed by atoms with Crippen molar-refractivity contribution in [1.82, 2.24) is 15.3 Å². The fraction of sp³-hybridized carbons (Fsp3) is 0.0577. The van der Waals surface area contributed by atoms with Gasteiger partial charge in [-0.15, -0.1) is 0 Å². The average Bonchev–Trinajstić information content (AvgIpc) is 3.57. The first-order valence-electron chi connectivity index (χ1n) is 19.1. The average molecular weight is 737 g/mol. The van der Waals surface area contributed by atoms with Gasteiger partial charge in [-0.25, -0.2) is 4.99 Å². The number of likely N-dealkylation sites (N-methyl/N-ethyl adjacent to an activating group) is 1. The molecule has 1 aliphatic carbocycles. The Morgan fingerprint density at radius 1 is 0.684 bits per heavy atom. The van der Waals surface area contributed by atoms with Crippen LogP contribution in [0.2, 0.25) is 0 Å². The van der Waals surface area contributed by atoms with Gasteiger partial charge in [0.2, 0.25) is 0 Å². The normalized spacial score (nSPS) is 13.6. The molecule has 274 valence electrons. The van der Waals surface area contributed by atoms with Gasteiger partial charge in [0.25, 0.3) is 0 Å². The van der Waals surface area contributed by atoms with E-state index in [1.165, 1.54) is 27.8 Å². The molecule has 0 saturated heterocycles. The lowest BCUT2D eigenvalue weighted by molar-refractivity contribution is 0.436. The van der Waals surface area contributed by atoms with Crippen LogP contribution in [0.4, 0.5) is 0 Å². The molecule has 57 heavy (non-hydrogen) atoms. The number of hydrogen-bond donors (Lipinski definition) is 1. The SMILES string of the molecule is C=C/C=C\C(=C)/C(=N/C(=C\Cc1ccccc1)c1ccc2c(c1)C1(c3cc(-c4ccnc(-c5ccccn5)c4)ccc3O2)c2ccccc2-c2ccccc21)NC. The van der Waals surface area contributed by atoms with Crippen LogP contribution >= 0.6 is 0 Å². The summed E-state index contributed by atoms with van der Waals surface area (Å²) < 4.78 is 6.90. The second-order valence-electron chi connectivity index (χ2n) is 14.1. The molecule has 7 aromatic rings. The lowest BCUT2D eigenvalue weighted by atomic mass is 9.65. The maximum absolute atomic E-state index is 6.90. The molecule has 1 spiro atoms. The largest absolute Gasteiger partial charge is 0.457 e. The van der Waals surface area contributed by atoms with Crippen molar-refractivity contribution in [3.63, 3.8) is 0 Å². The molecule has 5 heteroatoms. The molecule has 9 rings (SSSR count). The molecule has 0 bridgehead atoms. The summed E-state index contributed by atoms with van der Waals surface area (Å²) in [5, 5.41) is 3.29. The van der Waals surface area contributed by atoms with Gasteiger partial charge in [0.1, 0.15) is 17.3 Å². The minimum Gasteiger partial charge on any atom is -0.457 e. The van der Waals surface area contributed by atoms with Crippen LogP contribution in [-0.4, -0.2) is 22.9 Å². The number of rotatable bonds is 9. The van der Waals surface area contributed by atoms with Gasteiger partial charge in [-0.2, -0.15) is 0 Å². The van der Waals surface area contributed by atoms with Crippen molar-refractivity contribution in [2.75, 3.05) is 7.05 Å². The number of allylic oxidation sites excluding steroid dienone is 3. The van der Waals surface area contributed by atoms with Crippen LogP contribution in [0.25, 0.3) is 39.3 Å². The Kier molecular flexibility index (Phi) is 9.33. The lowest BCUT2D eigenvalue weighted by Gasteiger charge is -2.40. The highest BCUT2D eigenvalue weighted by Gasteiger charge is 2.51. The van der Waals surface area contributed by atoms with E-state index in [2.05, 4.69) is 156 Å². The van der Waals surface area contributed by atoms with E-state index in [1.54, 1.807) is 12.3 Å². The minimum absolute atomic E-state index is 0.671. The van der Waals surface area contributed by atoms with E-state index in [0.717, 1.165) is 62.0 Å². The number of nitrogens with one attached hydrogen (secondary N) is 1. The first-order chi connectivity index (χ1) is 28.1. The smallest absolute Gasteiger partial charge is 0.133 e. The van der Waals surface area contributed by atoms with E-state index < -0.39 is 5.41 Å². The Labute approximate surface area is 333 Å². The summed E-state index contributed by atoms with van der Waals surface area (Å²) in [6, 6.07) is 51.2. The number of ether oxygens (including phenoxy) is 1. The maximum Gasteiger partial charge on any atom is 0.133 e. The predicted octanol–water partition coefficient (Wildman–Crippen LogP) is 11.8. The Morgan fingerprint density at radius 2 is 1.35 bits per heavy atom. The number of fused-ring (bicyclic) bond motifs is 9. The predicted molar refractivity (Wildman–Crippen MR) is 233 cm³/mol. The molecule has 5 nitrogen and oxygen atoms in total. The Bertz CT molecular complexity index is 2720. The summed E-state index contributed by atoms with van der Waals surface area (Å²) in [5.41, 5.74) is 13.8. The second kappa shape index (κ2) is 15.0. The van der Waals surface area contributed by atoms with Gasteiger partial charge >= 0.3 is 0 Å². The van der Waals surface area contributed by atoms with Gasteiger partial charge in [0.05, 0.1) is 22.5 Å². The molecule has 2 aliphatic rings. The quantitative estimate of drug-likeness (QED) is 0.0911. The van der Waals surface area contributed by atoms with Gasteiger partial charge in [-0.1, -0.05) is 128 Å². The van der Waals surface area contributed by atoms with Crippen molar-refractivity contribution in [2.24, 2.45) is 4.99 Å². The molecule has 5 aromatic carbocycles. The third-order valence-electron chi connectivity index (χ3n) is 10.8. The van der Waals surface area contributed by atoms with Crippen molar-refractivity contribution >= 4 is 11.5 Å². The number of aromatic nitrogens is 2. The fourth-order valence-electron chi connectivity index (χ4n) is 8.23. The van der Waals surface area contributed by atoms with Gasteiger partial charge in [-0.3, -0.25) is 9.97 Å². The summed E-state index contributed by atoms with van der Waals surface area (Å²) in [5.74, 6) is 2.31. The number of pyridine rings is 2. The van der Waals surface area contributed by atoms with Crippen molar-refractivity contribution in [3.05, 3.63) is 234 Å². The number of amidine groups is 1. The van der Waals surface area contributed by atoms with Crippen LogP contribution in [0.15, 0.2) is 206 Å². The third kappa shape index (κ3) is 6.29. The topological polar surface area (TPSA) is 59.4 Å². The number of nitrogens with zero attached hydrogens (tertiary/aromatic N) is 3. The van der Waals surface area contributed by atoms with Gasteiger partial charge < -0.3 is 10.1 Å². The lowest BCUT2D eigenvalue weighted by Crippen LogP contribution is -2.32. The summed E-state index contributed by atoms with van der Waals surface area (Å²) >= 11 is 0. The molecule has 1 aliphatic heterocycles. The van der Waals surface area contributed by atoms with Crippen LogP contribution in [0.1, 0.15) is 33.4 Å². The molecule has 0 amide bonds. The first-order valence-corrected chi connectivity index (χ1v) is 19.1. The zero-order valence-electron chi connectivity index (χ0n) is 31.7. The summed E-state index contributed by atoms with van der Waals surface area (Å²) in [6.45, 7) is 8.14. The Balaban J connectivity index is 1.27. The highest BCUT2D eigenvalue weighted by Crippen LogP contribution is 2.62. The summed E-state index contributed by atoms with van der Waals surface area (Å²) in [7, 11) is 1.87. The number of aliphatic imine (C=N–C) groups is 1. The standard InChI is InChI=1S/C52H40N4O/c1-4-5-15-35(2)51(53-3)56-46(26-23-36-16-7-6-8-17-36)39-25-28-50-45(33-39)52(42-20-11-9-18-40(42)41-19-10-12-21-43(41)52)44-32-37(24-27-49(44)57-50)38-29-31-55-48(34-38)47-22-13-14-30-54-47/h4-22,24-34H,1-2,23H2,3H3,(H,53,56)/b15-5-,46-26-. The van der Waals surface area contributed by atoms with Crippen LogP contribution in [0.3, 0.4) is 0 Å². The summed E-state index contributed by atoms with van der Waals surface area (Å²) in [4.78, 5) is 14.5. The molecule has 0 atom stereocenters. The highest BCUT2D eigenvalue weighted by atomic mass is 16.5. The van der Waals surface area contributed by atoms with E-state index in [9.17, 15) is 0 Å². The van der Waals surface area contributed by atoms with E-state index in [1.807, 2.05) is 49.7 Å². The second-order valence-corrected chi connectivity index (χ2v) is 14.1. The van der Waals surface area contributed by atoms with Gasteiger partial charge in [0.15, 0.2) is 0 Å². The molecular formula is C52H40N4O. The fourth-order valence-corrected chi connectivity index (χ4v) is 8.23. The molecule has 0 saturated carbocycles. The van der Waals surface area contributed by atoms with E-state index in [-0.39, 0.29) is 0 Å². The van der Waals surface area contributed by atoms with Gasteiger partial charge in [0, 0.05) is 41.7 Å². The number of hydrogen-bond acceptors (Lipinski definition) is 4. The van der Waals surface area contributed by atoms with Crippen molar-refractivity contribution in [1.29, 1.82) is 0 Å². The zero-order chi connectivity index (χ0) is 38.8. The van der Waals surface area contributed by atoms with E-state index in [4.69, 9.17) is 9.73 Å². The molecule has 2 aromatic heterocycles. The van der Waals surface area contributed by atoms with Crippen molar-refractivity contribution < 1.29 is 4.74 Å². The van der Waals surface area contributed by atoms with E-state index in [0.29, 0.717) is 12.3 Å². The number of benzene rings is 5. The molecule has 0 unspecified atom stereocenters. The highest BCUT2D eigenvalue weighted by molar-refractivity contribution is 6.03. The monoisotopic (exact) mass is 736 g/mol. The van der Waals surface area contributed by atoms with E-state index >= 15 is 0 Å². The minimum atomic E-state index is -0.685. The van der Waals surface area contributed by atoms with Crippen molar-refractivity contribution in [2.45, 2.75) is 11.8 Å². The van der Waals surface area contributed by atoms with Crippen molar-refractivity contribution in [3.8, 4) is 45.1 Å². The van der Waals surface area contributed by atoms with Gasteiger partial charge in [-0.05, 0) is 100.0 Å². The molecule has 0 fully saturated rings. The molecule has 3 heterocycles. The Morgan fingerprint density at radius 3 is 2.07 bits per heavy atom. The molecule has 1 N–H and O–H groups in total. The summed E-state index contributed by atoms with van der Waals surface area (Å²) in [6.07, 6.45) is 12.1. The van der Waals surface area contributed by atoms with Crippen LogP contribution in [0.5, 0.6) is 11.5 Å². The molecular weight excluding hydrogens is 697 g/mol. The molecule has 0 radical (unpaired) electrons. The zero-order valence-corrected chi connectivity index (χ0v) is 31.7.